The number of phenols is 1. The van der Waals surface area contributed by atoms with Crippen LogP contribution < -0.4 is 0 Å². The summed E-state index contributed by atoms with van der Waals surface area (Å²) in [5.41, 5.74) is 2.21. The molecule has 3 heteroatoms. The van der Waals surface area contributed by atoms with E-state index >= 15 is 0 Å². The van der Waals surface area contributed by atoms with Crippen LogP contribution in [0.1, 0.15) is 36.8 Å². The Bertz CT molecular complexity index is 412. The van der Waals surface area contributed by atoms with E-state index < -0.39 is 5.97 Å². The third-order valence-corrected chi connectivity index (χ3v) is 3.49. The summed E-state index contributed by atoms with van der Waals surface area (Å²) in [6.45, 7) is 1.91. The third-order valence-electron chi connectivity index (χ3n) is 3.49. The van der Waals surface area contributed by atoms with E-state index in [9.17, 15) is 9.90 Å². The van der Waals surface area contributed by atoms with Gasteiger partial charge in [0.2, 0.25) is 0 Å². The average Bonchev–Trinajstić information content (AvgIpc) is 2.62. The van der Waals surface area contributed by atoms with Gasteiger partial charge in [-0.2, -0.15) is 0 Å². The largest absolute Gasteiger partial charge is 0.508 e. The molecule has 0 spiro atoms. The van der Waals surface area contributed by atoms with Crippen LogP contribution in [0.25, 0.3) is 0 Å². The summed E-state index contributed by atoms with van der Waals surface area (Å²) < 4.78 is 0. The molecular weight excluding hydrogens is 204 g/mol. The van der Waals surface area contributed by atoms with E-state index in [4.69, 9.17) is 5.11 Å². The predicted octanol–water partition coefficient (Wildman–Crippen LogP) is 2.53. The first-order valence-corrected chi connectivity index (χ1v) is 5.68. The lowest BCUT2D eigenvalue weighted by Gasteiger charge is -2.18. The minimum absolute atomic E-state index is 0.109. The standard InChI is InChI=1S/C13H16O3/c1-2-10(13(15)16)12-5-3-8-7-9(14)4-6-11(8)12/h4,6-7,10,12,14H,2-3,5H2,1H3,(H,15,16)/t10-,12?/m0/s1. The minimum Gasteiger partial charge on any atom is -0.508 e. The molecule has 1 unspecified atom stereocenters. The molecule has 2 atom stereocenters. The maximum atomic E-state index is 11.1. The molecule has 1 aliphatic carbocycles. The Balaban J connectivity index is 2.32. The summed E-state index contributed by atoms with van der Waals surface area (Å²) >= 11 is 0. The first-order valence-electron chi connectivity index (χ1n) is 5.68. The summed E-state index contributed by atoms with van der Waals surface area (Å²) in [6, 6.07) is 5.27. The summed E-state index contributed by atoms with van der Waals surface area (Å²) in [7, 11) is 0. The van der Waals surface area contributed by atoms with Gasteiger partial charge in [0.05, 0.1) is 5.92 Å². The predicted molar refractivity (Wildman–Crippen MR) is 60.6 cm³/mol. The van der Waals surface area contributed by atoms with Crippen LogP contribution in [0.15, 0.2) is 18.2 Å². The van der Waals surface area contributed by atoms with Gasteiger partial charge in [0.25, 0.3) is 0 Å². The van der Waals surface area contributed by atoms with Crippen molar-refractivity contribution in [3.63, 3.8) is 0 Å². The van der Waals surface area contributed by atoms with Crippen LogP contribution in [0, 0.1) is 5.92 Å². The fraction of sp³-hybridized carbons (Fsp3) is 0.462. The van der Waals surface area contributed by atoms with Crippen molar-refractivity contribution in [3.8, 4) is 5.75 Å². The Morgan fingerprint density at radius 1 is 1.56 bits per heavy atom. The zero-order valence-electron chi connectivity index (χ0n) is 9.31. The number of hydrogen-bond acceptors (Lipinski definition) is 2. The minimum atomic E-state index is -0.714. The van der Waals surface area contributed by atoms with Gasteiger partial charge in [-0.3, -0.25) is 4.79 Å². The quantitative estimate of drug-likeness (QED) is 0.823. The molecule has 1 aliphatic rings. The molecule has 0 saturated heterocycles. The molecule has 0 bridgehead atoms. The average molecular weight is 220 g/mol. The molecule has 86 valence electrons. The van der Waals surface area contributed by atoms with Crippen molar-refractivity contribution in [2.24, 2.45) is 5.92 Å². The third kappa shape index (κ3) is 1.77. The molecule has 0 aromatic heterocycles. The molecule has 16 heavy (non-hydrogen) atoms. The Kier molecular flexibility index (Phi) is 2.86. The van der Waals surface area contributed by atoms with Gasteiger partial charge in [-0.05, 0) is 48.4 Å². The van der Waals surface area contributed by atoms with Gasteiger partial charge in [-0.25, -0.2) is 0 Å². The SMILES string of the molecule is CC[C@H](C(=O)O)C1CCc2cc(O)ccc21. The number of rotatable bonds is 3. The first-order chi connectivity index (χ1) is 7.63. The highest BCUT2D eigenvalue weighted by Crippen LogP contribution is 2.40. The van der Waals surface area contributed by atoms with E-state index in [2.05, 4.69) is 0 Å². The molecule has 2 N–H and O–H groups in total. The van der Waals surface area contributed by atoms with Crippen LogP contribution in [0.2, 0.25) is 0 Å². The highest BCUT2D eigenvalue weighted by atomic mass is 16.4. The van der Waals surface area contributed by atoms with E-state index in [1.165, 1.54) is 0 Å². The van der Waals surface area contributed by atoms with E-state index in [1.54, 1.807) is 12.1 Å². The van der Waals surface area contributed by atoms with Crippen molar-refractivity contribution in [2.45, 2.75) is 32.1 Å². The van der Waals surface area contributed by atoms with E-state index in [0.717, 1.165) is 24.0 Å². The van der Waals surface area contributed by atoms with Crippen molar-refractivity contribution < 1.29 is 15.0 Å². The molecule has 0 heterocycles. The van der Waals surface area contributed by atoms with Crippen molar-refractivity contribution in [2.75, 3.05) is 0 Å². The molecule has 0 radical (unpaired) electrons. The summed E-state index contributed by atoms with van der Waals surface area (Å²) in [5, 5.41) is 18.5. The van der Waals surface area contributed by atoms with E-state index in [-0.39, 0.29) is 17.6 Å². The van der Waals surface area contributed by atoms with Crippen molar-refractivity contribution >= 4 is 5.97 Å². The summed E-state index contributed by atoms with van der Waals surface area (Å²) in [4.78, 5) is 11.1. The second kappa shape index (κ2) is 4.16. The molecule has 1 aromatic carbocycles. The fourth-order valence-corrected chi connectivity index (χ4v) is 2.69. The number of aliphatic carboxylic acids is 1. The van der Waals surface area contributed by atoms with Gasteiger partial charge < -0.3 is 10.2 Å². The van der Waals surface area contributed by atoms with Crippen LogP contribution in [0.4, 0.5) is 0 Å². The zero-order valence-corrected chi connectivity index (χ0v) is 9.31. The molecule has 0 fully saturated rings. The Morgan fingerprint density at radius 2 is 2.31 bits per heavy atom. The normalized spacial score (nSPS) is 20.4. The van der Waals surface area contributed by atoms with Crippen LogP contribution in [-0.2, 0) is 11.2 Å². The Hall–Kier alpha value is -1.51. The lowest BCUT2D eigenvalue weighted by atomic mass is 9.85. The molecule has 0 saturated carbocycles. The zero-order chi connectivity index (χ0) is 11.7. The topological polar surface area (TPSA) is 57.5 Å². The summed E-state index contributed by atoms with van der Waals surface area (Å²) in [6.07, 6.45) is 2.40. The molecule has 0 amide bonds. The monoisotopic (exact) mass is 220 g/mol. The Labute approximate surface area is 94.7 Å². The smallest absolute Gasteiger partial charge is 0.307 e. The van der Waals surface area contributed by atoms with Gasteiger partial charge in [0, 0.05) is 0 Å². The van der Waals surface area contributed by atoms with Crippen molar-refractivity contribution in [1.29, 1.82) is 0 Å². The number of phenolic OH excluding ortho intramolecular Hbond substituents is 1. The number of carbonyl (C=O) groups is 1. The fourth-order valence-electron chi connectivity index (χ4n) is 2.69. The second-order valence-corrected chi connectivity index (χ2v) is 4.38. The summed E-state index contributed by atoms with van der Waals surface area (Å²) in [5.74, 6) is -0.639. The maximum absolute atomic E-state index is 11.1. The van der Waals surface area contributed by atoms with Crippen LogP contribution in [0.5, 0.6) is 5.75 Å². The van der Waals surface area contributed by atoms with Crippen LogP contribution in [-0.4, -0.2) is 16.2 Å². The molecule has 1 aromatic rings. The van der Waals surface area contributed by atoms with Gasteiger partial charge in [0.1, 0.15) is 5.75 Å². The van der Waals surface area contributed by atoms with Crippen LogP contribution in [0.3, 0.4) is 0 Å². The second-order valence-electron chi connectivity index (χ2n) is 4.38. The lowest BCUT2D eigenvalue weighted by Crippen LogP contribution is -2.19. The highest BCUT2D eigenvalue weighted by Gasteiger charge is 2.32. The van der Waals surface area contributed by atoms with Crippen molar-refractivity contribution in [1.82, 2.24) is 0 Å². The molecule has 2 rings (SSSR count). The number of carboxylic acids is 1. The van der Waals surface area contributed by atoms with Gasteiger partial charge >= 0.3 is 5.97 Å². The van der Waals surface area contributed by atoms with Crippen LogP contribution >= 0.6 is 0 Å². The molecular formula is C13H16O3. The number of benzene rings is 1. The van der Waals surface area contributed by atoms with Crippen molar-refractivity contribution in [3.05, 3.63) is 29.3 Å². The number of aryl methyl sites for hydroxylation is 1. The molecule has 3 nitrogen and oxygen atoms in total. The van der Waals surface area contributed by atoms with Gasteiger partial charge in [-0.1, -0.05) is 13.0 Å². The maximum Gasteiger partial charge on any atom is 0.307 e. The molecule has 0 aliphatic heterocycles. The lowest BCUT2D eigenvalue weighted by molar-refractivity contribution is -0.142. The number of aromatic hydroxyl groups is 1. The highest BCUT2D eigenvalue weighted by molar-refractivity contribution is 5.71. The van der Waals surface area contributed by atoms with E-state index in [1.807, 2.05) is 13.0 Å². The number of hydrogen-bond donors (Lipinski definition) is 2. The number of fused-ring (bicyclic) bond motifs is 1. The number of carboxylic acid groups (broad SMARTS) is 1. The first kappa shape index (κ1) is 11.0. The van der Waals surface area contributed by atoms with Gasteiger partial charge in [0.15, 0.2) is 0 Å². The van der Waals surface area contributed by atoms with Gasteiger partial charge in [-0.15, -0.1) is 0 Å². The Morgan fingerprint density at radius 3 is 2.94 bits per heavy atom. The van der Waals surface area contributed by atoms with E-state index in [0.29, 0.717) is 6.42 Å².